The fourth-order valence-corrected chi connectivity index (χ4v) is 3.85. The Labute approximate surface area is 149 Å². The Balaban J connectivity index is 0.00000208. The van der Waals surface area contributed by atoms with Crippen LogP contribution in [0, 0.1) is 11.8 Å². The zero-order chi connectivity index (χ0) is 16.2. The number of nitrogens with zero attached hydrogens (tertiary/aromatic N) is 1. The van der Waals surface area contributed by atoms with Crippen molar-refractivity contribution in [3.63, 3.8) is 0 Å². The number of hydrogen-bond acceptors (Lipinski definition) is 3. The lowest BCUT2D eigenvalue weighted by atomic mass is 9.95. The smallest absolute Gasteiger partial charge is 0.246 e. The van der Waals surface area contributed by atoms with Gasteiger partial charge in [-0.2, -0.15) is 0 Å². The van der Waals surface area contributed by atoms with E-state index >= 15 is 0 Å². The van der Waals surface area contributed by atoms with E-state index in [0.717, 1.165) is 44.3 Å². The predicted octanol–water partition coefficient (Wildman–Crippen LogP) is 1.88. The highest BCUT2D eigenvalue weighted by molar-refractivity contribution is 5.97. The fraction of sp³-hybridized carbons (Fsp3) is 0.556. The van der Waals surface area contributed by atoms with Gasteiger partial charge in [0.2, 0.25) is 11.8 Å². The van der Waals surface area contributed by atoms with Crippen molar-refractivity contribution in [1.82, 2.24) is 5.32 Å². The molecule has 1 aliphatic carbocycles. The molecule has 1 aliphatic heterocycles. The van der Waals surface area contributed by atoms with E-state index < -0.39 is 0 Å². The number of nitrogens with two attached hydrogens (primary N) is 1. The molecular weight excluding hydrogens is 326 g/mol. The molecule has 24 heavy (non-hydrogen) atoms. The first-order valence-electron chi connectivity index (χ1n) is 8.56. The average molecular weight is 352 g/mol. The van der Waals surface area contributed by atoms with Crippen molar-refractivity contribution < 1.29 is 9.59 Å². The van der Waals surface area contributed by atoms with Crippen molar-refractivity contribution in [3.8, 4) is 0 Å². The highest BCUT2D eigenvalue weighted by Crippen LogP contribution is 2.31. The Hall–Kier alpha value is -1.59. The number of hydrogen-bond donors (Lipinski definition) is 2. The van der Waals surface area contributed by atoms with Gasteiger partial charge in [0, 0.05) is 18.2 Å². The first-order valence-corrected chi connectivity index (χ1v) is 8.56. The fourth-order valence-electron chi connectivity index (χ4n) is 3.85. The van der Waals surface area contributed by atoms with Crippen molar-refractivity contribution in [2.45, 2.75) is 32.1 Å². The predicted molar refractivity (Wildman–Crippen MR) is 97.3 cm³/mol. The van der Waals surface area contributed by atoms with E-state index in [4.69, 9.17) is 5.73 Å². The van der Waals surface area contributed by atoms with Gasteiger partial charge in [0.15, 0.2) is 0 Å². The molecular formula is C18H26ClN3O2. The van der Waals surface area contributed by atoms with E-state index in [1.165, 1.54) is 5.56 Å². The van der Waals surface area contributed by atoms with Crippen LogP contribution >= 0.6 is 12.4 Å². The van der Waals surface area contributed by atoms with E-state index in [-0.39, 0.29) is 42.6 Å². The minimum Gasteiger partial charge on any atom is -0.347 e. The molecule has 1 aromatic carbocycles. The summed E-state index contributed by atoms with van der Waals surface area (Å²) in [5.41, 5.74) is 7.92. The van der Waals surface area contributed by atoms with Crippen molar-refractivity contribution in [2.24, 2.45) is 17.6 Å². The number of benzene rings is 1. The number of anilines is 1. The Morgan fingerprint density at radius 2 is 2.00 bits per heavy atom. The molecule has 132 valence electrons. The minimum absolute atomic E-state index is 0. The summed E-state index contributed by atoms with van der Waals surface area (Å²) in [4.78, 5) is 26.6. The molecule has 0 unspecified atom stereocenters. The molecule has 2 amide bonds. The summed E-state index contributed by atoms with van der Waals surface area (Å²) in [6.45, 7) is 1.34. The lowest BCUT2D eigenvalue weighted by molar-refractivity contribution is -0.128. The van der Waals surface area contributed by atoms with Gasteiger partial charge in [-0.1, -0.05) is 24.6 Å². The van der Waals surface area contributed by atoms with Crippen molar-refractivity contribution >= 4 is 29.9 Å². The van der Waals surface area contributed by atoms with Gasteiger partial charge < -0.3 is 16.0 Å². The Morgan fingerprint density at radius 1 is 1.21 bits per heavy atom. The molecule has 3 N–H and O–H groups in total. The van der Waals surface area contributed by atoms with E-state index in [2.05, 4.69) is 11.4 Å². The van der Waals surface area contributed by atoms with E-state index in [0.29, 0.717) is 6.54 Å². The SMILES string of the molecule is Cl.NC[C@H]1CCC[C@H]1C(=O)NCC(=O)N1CCCc2ccccc21. The summed E-state index contributed by atoms with van der Waals surface area (Å²) in [6.07, 6.45) is 4.92. The van der Waals surface area contributed by atoms with Gasteiger partial charge in [-0.15, -0.1) is 12.4 Å². The number of aryl methyl sites for hydroxylation is 1. The van der Waals surface area contributed by atoms with Gasteiger partial charge in [-0.25, -0.2) is 0 Å². The third-order valence-electron chi connectivity index (χ3n) is 5.12. The number of halogens is 1. The third kappa shape index (κ3) is 3.90. The van der Waals surface area contributed by atoms with Crippen LogP contribution in [0.4, 0.5) is 5.69 Å². The maximum atomic E-state index is 12.5. The second-order valence-electron chi connectivity index (χ2n) is 6.53. The van der Waals surface area contributed by atoms with Crippen LogP contribution < -0.4 is 16.0 Å². The second-order valence-corrected chi connectivity index (χ2v) is 6.53. The number of para-hydroxylation sites is 1. The zero-order valence-electron chi connectivity index (χ0n) is 13.9. The van der Waals surface area contributed by atoms with Crippen LogP contribution in [0.25, 0.3) is 0 Å². The van der Waals surface area contributed by atoms with Gasteiger partial charge in [0.1, 0.15) is 0 Å². The number of nitrogens with one attached hydrogen (secondary N) is 1. The first-order chi connectivity index (χ1) is 11.2. The molecule has 3 rings (SSSR count). The standard InChI is InChI=1S/C18H25N3O2.ClH/c19-11-14-6-3-8-15(14)18(23)20-12-17(22)21-10-4-7-13-5-1-2-9-16(13)21;/h1-2,5,9,14-15H,3-4,6-8,10-12,19H2,(H,20,23);1H/t14-,15-;/m1./s1. The topological polar surface area (TPSA) is 75.4 Å². The van der Waals surface area contributed by atoms with Gasteiger partial charge in [0.05, 0.1) is 6.54 Å². The molecule has 6 heteroatoms. The number of fused-ring (bicyclic) bond motifs is 1. The second kappa shape index (κ2) is 8.49. The molecule has 2 aliphatic rings. The van der Waals surface area contributed by atoms with E-state index in [1.807, 2.05) is 18.2 Å². The van der Waals surface area contributed by atoms with Gasteiger partial charge in [0.25, 0.3) is 0 Å². The van der Waals surface area contributed by atoms with Crippen molar-refractivity contribution in [1.29, 1.82) is 0 Å². The molecule has 1 fully saturated rings. The molecule has 1 aromatic rings. The zero-order valence-corrected chi connectivity index (χ0v) is 14.7. The summed E-state index contributed by atoms with van der Waals surface area (Å²) in [7, 11) is 0. The largest absolute Gasteiger partial charge is 0.347 e. The van der Waals surface area contributed by atoms with Gasteiger partial charge in [-0.3, -0.25) is 9.59 Å². The lowest BCUT2D eigenvalue weighted by Crippen LogP contribution is -2.44. The monoisotopic (exact) mass is 351 g/mol. The molecule has 1 saturated carbocycles. The quantitative estimate of drug-likeness (QED) is 0.869. The van der Waals surface area contributed by atoms with Crippen LogP contribution in [0.2, 0.25) is 0 Å². The summed E-state index contributed by atoms with van der Waals surface area (Å²) < 4.78 is 0. The van der Waals surface area contributed by atoms with E-state index in [9.17, 15) is 9.59 Å². The first kappa shape index (κ1) is 18.7. The summed E-state index contributed by atoms with van der Waals surface area (Å²) >= 11 is 0. The molecule has 0 bridgehead atoms. The van der Waals surface area contributed by atoms with Crippen molar-refractivity contribution in [2.75, 3.05) is 24.5 Å². The summed E-state index contributed by atoms with van der Waals surface area (Å²) in [6, 6.07) is 8.00. The Bertz CT molecular complexity index is 593. The van der Waals surface area contributed by atoms with Crippen LogP contribution in [0.5, 0.6) is 0 Å². The maximum absolute atomic E-state index is 12.5. The third-order valence-corrected chi connectivity index (χ3v) is 5.12. The normalized spacial score (nSPS) is 22.5. The van der Waals surface area contributed by atoms with Gasteiger partial charge >= 0.3 is 0 Å². The Kier molecular flexibility index (Phi) is 6.63. The average Bonchev–Trinajstić information content (AvgIpc) is 3.07. The maximum Gasteiger partial charge on any atom is 0.246 e. The highest BCUT2D eigenvalue weighted by Gasteiger charge is 2.32. The Morgan fingerprint density at radius 3 is 2.79 bits per heavy atom. The van der Waals surface area contributed by atoms with Crippen LogP contribution in [-0.4, -0.2) is 31.4 Å². The summed E-state index contributed by atoms with van der Waals surface area (Å²) in [5, 5.41) is 2.83. The van der Waals surface area contributed by atoms with Crippen LogP contribution in [-0.2, 0) is 16.0 Å². The summed E-state index contributed by atoms with van der Waals surface area (Å²) in [5.74, 6) is 0.187. The highest BCUT2D eigenvalue weighted by atomic mass is 35.5. The van der Waals surface area contributed by atoms with Crippen LogP contribution in [0.15, 0.2) is 24.3 Å². The number of carbonyl (C=O) groups is 2. The molecule has 2 atom stereocenters. The lowest BCUT2D eigenvalue weighted by Gasteiger charge is -2.29. The minimum atomic E-state index is -0.0344. The number of amides is 2. The number of carbonyl (C=O) groups excluding carboxylic acids is 2. The van der Waals surface area contributed by atoms with E-state index in [1.54, 1.807) is 4.90 Å². The van der Waals surface area contributed by atoms with Gasteiger partial charge in [-0.05, 0) is 49.8 Å². The van der Waals surface area contributed by atoms with Crippen LogP contribution in [0.1, 0.15) is 31.2 Å². The molecule has 5 nitrogen and oxygen atoms in total. The molecule has 0 aromatic heterocycles. The molecule has 0 spiro atoms. The number of rotatable bonds is 4. The molecule has 1 heterocycles. The van der Waals surface area contributed by atoms with Crippen LogP contribution in [0.3, 0.4) is 0 Å². The van der Waals surface area contributed by atoms with Crippen molar-refractivity contribution in [3.05, 3.63) is 29.8 Å². The molecule has 0 radical (unpaired) electrons. The molecule has 0 saturated heterocycles.